The van der Waals surface area contributed by atoms with Gasteiger partial charge in [-0.2, -0.15) is 0 Å². The topological polar surface area (TPSA) is 35.8 Å². The Morgan fingerprint density at radius 3 is 2.78 bits per heavy atom. The summed E-state index contributed by atoms with van der Waals surface area (Å²) in [5, 5.41) is 10.8. The molecule has 1 aliphatic rings. The molecule has 0 saturated heterocycles. The lowest BCUT2D eigenvalue weighted by Crippen LogP contribution is -2.43. The van der Waals surface area contributed by atoms with Gasteiger partial charge in [0.2, 0.25) is 0 Å². The molecule has 3 nitrogen and oxygen atoms in total. The Labute approximate surface area is 108 Å². The Balaban J connectivity index is 2.05. The van der Waals surface area contributed by atoms with Gasteiger partial charge in [0.05, 0.1) is 18.5 Å². The molecule has 0 fully saturated rings. The van der Waals surface area contributed by atoms with E-state index in [1.807, 2.05) is 36.7 Å². The fourth-order valence-corrected chi connectivity index (χ4v) is 2.35. The lowest BCUT2D eigenvalue weighted by Gasteiger charge is -2.31. The average Bonchev–Trinajstić information content (AvgIpc) is 2.82. The second-order valence-electron chi connectivity index (χ2n) is 4.87. The van der Waals surface area contributed by atoms with E-state index in [2.05, 4.69) is 16.5 Å². The Morgan fingerprint density at radius 2 is 2.17 bits per heavy atom. The van der Waals surface area contributed by atoms with E-state index in [1.165, 1.54) is 0 Å². The Kier molecular flexibility index (Phi) is 4.15. The molecule has 1 unspecified atom stereocenters. The van der Waals surface area contributed by atoms with Crippen LogP contribution in [0, 0.1) is 0 Å². The molecular weight excluding hydrogens is 224 g/mol. The lowest BCUT2D eigenvalue weighted by atomic mass is 9.90. The highest BCUT2D eigenvalue weighted by atomic mass is 16.3. The summed E-state index contributed by atoms with van der Waals surface area (Å²) in [5.74, 6) is 0. The van der Waals surface area contributed by atoms with Crippen molar-refractivity contribution < 1.29 is 5.11 Å². The minimum Gasteiger partial charge on any atom is -0.387 e. The van der Waals surface area contributed by atoms with E-state index in [9.17, 15) is 5.11 Å². The van der Waals surface area contributed by atoms with Crippen molar-refractivity contribution in [2.75, 3.05) is 19.6 Å². The second kappa shape index (κ2) is 5.83. The first-order chi connectivity index (χ1) is 8.72. The number of aliphatic hydroxyl groups is 1. The molecule has 0 amide bonds. The van der Waals surface area contributed by atoms with Gasteiger partial charge in [-0.05, 0) is 12.0 Å². The first-order valence-electron chi connectivity index (χ1n) is 6.33. The minimum absolute atomic E-state index is 0.590. The molecule has 1 atom stereocenters. The molecule has 1 aliphatic heterocycles. The number of hydrogen-bond acceptors (Lipinski definition) is 3. The van der Waals surface area contributed by atoms with E-state index in [-0.39, 0.29) is 0 Å². The fourth-order valence-electron chi connectivity index (χ4n) is 2.35. The molecule has 1 N–H and O–H groups in total. The van der Waals surface area contributed by atoms with Crippen LogP contribution in [0.4, 0.5) is 0 Å². The number of hydrogen-bond donors (Lipinski definition) is 1. The molecule has 0 bridgehead atoms. The number of nitrogens with zero attached hydrogens (tertiary/aromatic N) is 2. The summed E-state index contributed by atoms with van der Waals surface area (Å²) < 4.78 is 0. The van der Waals surface area contributed by atoms with Gasteiger partial charge in [0.15, 0.2) is 0 Å². The van der Waals surface area contributed by atoms with Gasteiger partial charge in [-0.1, -0.05) is 36.4 Å². The molecular formula is C15H20N2O. The molecule has 0 aromatic heterocycles. The summed E-state index contributed by atoms with van der Waals surface area (Å²) in [6, 6.07) is 10.1. The zero-order valence-electron chi connectivity index (χ0n) is 10.6. The first-order valence-corrected chi connectivity index (χ1v) is 6.33. The summed E-state index contributed by atoms with van der Waals surface area (Å²) in [6.45, 7) is 6.08. The van der Waals surface area contributed by atoms with E-state index in [1.54, 1.807) is 6.08 Å². The predicted molar refractivity (Wildman–Crippen MR) is 74.8 cm³/mol. The maximum absolute atomic E-state index is 10.8. The van der Waals surface area contributed by atoms with Crippen LogP contribution in [0.3, 0.4) is 0 Å². The molecule has 0 radical (unpaired) electrons. The molecule has 2 rings (SSSR count). The summed E-state index contributed by atoms with van der Waals surface area (Å²) >= 11 is 0. The van der Waals surface area contributed by atoms with Gasteiger partial charge in [-0.25, -0.2) is 0 Å². The Hall–Kier alpha value is -1.61. The first kappa shape index (κ1) is 12.8. The van der Waals surface area contributed by atoms with Gasteiger partial charge in [-0.3, -0.25) is 4.99 Å². The van der Waals surface area contributed by atoms with Gasteiger partial charge >= 0.3 is 0 Å². The molecule has 18 heavy (non-hydrogen) atoms. The van der Waals surface area contributed by atoms with Crippen LogP contribution in [0.2, 0.25) is 0 Å². The maximum atomic E-state index is 10.8. The van der Waals surface area contributed by atoms with Crippen molar-refractivity contribution >= 4 is 6.34 Å². The van der Waals surface area contributed by atoms with Crippen molar-refractivity contribution in [1.29, 1.82) is 0 Å². The highest BCUT2D eigenvalue weighted by molar-refractivity contribution is 5.57. The molecule has 3 heteroatoms. The number of β-amino-alcohol motifs (C(OH)–C–C–N with tert-alkyl or cyclic N) is 1. The second-order valence-corrected chi connectivity index (χ2v) is 4.87. The fraction of sp³-hybridized carbons (Fsp3) is 0.400. The van der Waals surface area contributed by atoms with Crippen LogP contribution in [-0.4, -0.2) is 41.6 Å². The monoisotopic (exact) mass is 244 g/mol. The van der Waals surface area contributed by atoms with E-state index >= 15 is 0 Å². The van der Waals surface area contributed by atoms with Crippen LogP contribution >= 0.6 is 0 Å². The van der Waals surface area contributed by atoms with Crippen molar-refractivity contribution in [3.63, 3.8) is 0 Å². The standard InChI is InChI=1S/C15H20N2O/c1-2-8-15(18,12-17-10-9-16-13-17)11-14-6-4-3-5-7-14/h2-7,13,18H,1,8-12H2. The minimum atomic E-state index is -0.764. The third-order valence-electron chi connectivity index (χ3n) is 3.16. The molecule has 1 aromatic carbocycles. The highest BCUT2D eigenvalue weighted by Gasteiger charge is 2.28. The van der Waals surface area contributed by atoms with Gasteiger partial charge < -0.3 is 10.0 Å². The van der Waals surface area contributed by atoms with Crippen LogP contribution in [0.25, 0.3) is 0 Å². The molecule has 96 valence electrons. The van der Waals surface area contributed by atoms with Crippen molar-refractivity contribution in [3.8, 4) is 0 Å². The number of benzene rings is 1. The maximum Gasteiger partial charge on any atom is 0.0896 e. The normalized spacial score (nSPS) is 17.7. The Morgan fingerprint density at radius 1 is 1.39 bits per heavy atom. The zero-order valence-corrected chi connectivity index (χ0v) is 10.6. The lowest BCUT2D eigenvalue weighted by molar-refractivity contribution is 0.0255. The molecule has 1 heterocycles. The van der Waals surface area contributed by atoms with Crippen LogP contribution in [0.15, 0.2) is 48.0 Å². The van der Waals surface area contributed by atoms with Crippen LogP contribution in [0.1, 0.15) is 12.0 Å². The molecule has 0 aliphatic carbocycles. The van der Waals surface area contributed by atoms with Gasteiger partial charge in [0.25, 0.3) is 0 Å². The Bertz CT molecular complexity index is 416. The van der Waals surface area contributed by atoms with Crippen LogP contribution < -0.4 is 0 Å². The van der Waals surface area contributed by atoms with Gasteiger partial charge in [-0.15, -0.1) is 6.58 Å². The third kappa shape index (κ3) is 3.44. The van der Waals surface area contributed by atoms with Gasteiger partial charge in [0.1, 0.15) is 0 Å². The van der Waals surface area contributed by atoms with Crippen molar-refractivity contribution in [2.45, 2.75) is 18.4 Å². The summed E-state index contributed by atoms with van der Waals surface area (Å²) in [5.41, 5.74) is 0.386. The quantitative estimate of drug-likeness (QED) is 0.776. The van der Waals surface area contributed by atoms with E-state index < -0.39 is 5.60 Å². The van der Waals surface area contributed by atoms with E-state index in [0.717, 1.165) is 18.7 Å². The largest absolute Gasteiger partial charge is 0.387 e. The van der Waals surface area contributed by atoms with Gasteiger partial charge in [0, 0.05) is 19.5 Å². The highest BCUT2D eigenvalue weighted by Crippen LogP contribution is 2.20. The molecule has 1 aromatic rings. The van der Waals surface area contributed by atoms with Crippen molar-refractivity contribution in [2.24, 2.45) is 4.99 Å². The summed E-state index contributed by atoms with van der Waals surface area (Å²) in [6.07, 6.45) is 4.85. The number of aliphatic imine (C=N–C) groups is 1. The van der Waals surface area contributed by atoms with Crippen LogP contribution in [-0.2, 0) is 6.42 Å². The number of rotatable bonds is 6. The molecule has 0 spiro atoms. The predicted octanol–water partition coefficient (Wildman–Crippen LogP) is 1.88. The van der Waals surface area contributed by atoms with Crippen LogP contribution in [0.5, 0.6) is 0 Å². The van der Waals surface area contributed by atoms with E-state index in [0.29, 0.717) is 19.4 Å². The van der Waals surface area contributed by atoms with E-state index in [4.69, 9.17) is 0 Å². The smallest absolute Gasteiger partial charge is 0.0896 e. The molecule has 0 saturated carbocycles. The van der Waals surface area contributed by atoms with Crippen molar-refractivity contribution in [3.05, 3.63) is 48.6 Å². The zero-order chi connectivity index (χ0) is 12.8. The summed E-state index contributed by atoms with van der Waals surface area (Å²) in [7, 11) is 0. The SMILES string of the molecule is C=CCC(O)(Cc1ccccc1)CN1C=NCC1. The summed E-state index contributed by atoms with van der Waals surface area (Å²) in [4.78, 5) is 6.26. The average molecular weight is 244 g/mol. The van der Waals surface area contributed by atoms with Crippen molar-refractivity contribution in [1.82, 2.24) is 4.90 Å². The third-order valence-corrected chi connectivity index (χ3v) is 3.16.